The van der Waals surface area contributed by atoms with E-state index in [1.807, 2.05) is 0 Å². The van der Waals surface area contributed by atoms with Crippen molar-refractivity contribution in [2.24, 2.45) is 0 Å². The monoisotopic (exact) mass is 149 g/mol. The summed E-state index contributed by atoms with van der Waals surface area (Å²) in [5.41, 5.74) is 0. The van der Waals surface area contributed by atoms with E-state index in [0.29, 0.717) is 0 Å². The Labute approximate surface area is 62.6 Å². The number of hydrogen-bond acceptors (Lipinski definition) is 3. The number of likely N-dealkylation sites (N-methyl/N-ethyl adjacent to an activating group) is 1. The van der Waals surface area contributed by atoms with Gasteiger partial charge in [-0.25, -0.2) is 0 Å². The van der Waals surface area contributed by atoms with Crippen LogP contribution in [0, 0.1) is 0 Å². The predicted octanol–water partition coefficient (Wildman–Crippen LogP) is 0.842. The first kappa shape index (κ1) is 9.27. The predicted molar refractivity (Wildman–Crippen MR) is 43.0 cm³/mol. The van der Waals surface area contributed by atoms with E-state index < -0.39 is 0 Å². The Morgan fingerprint density at radius 2 is 2.22 bits per heavy atom. The van der Waals surface area contributed by atoms with Crippen molar-refractivity contribution >= 4 is 12.6 Å². The Morgan fingerprint density at radius 1 is 1.56 bits per heavy atom. The SMILES string of the molecule is CCN(CS)CCOC. The van der Waals surface area contributed by atoms with Gasteiger partial charge in [-0.15, -0.1) is 0 Å². The number of thiol groups is 1. The molecule has 0 spiro atoms. The fourth-order valence-electron chi connectivity index (χ4n) is 0.549. The van der Waals surface area contributed by atoms with Gasteiger partial charge in [-0.3, -0.25) is 4.90 Å². The van der Waals surface area contributed by atoms with E-state index in [0.717, 1.165) is 25.6 Å². The second kappa shape index (κ2) is 6.39. The van der Waals surface area contributed by atoms with Gasteiger partial charge in [0.05, 0.1) is 6.61 Å². The van der Waals surface area contributed by atoms with Crippen LogP contribution in [0.5, 0.6) is 0 Å². The van der Waals surface area contributed by atoms with Gasteiger partial charge in [-0.1, -0.05) is 6.92 Å². The zero-order valence-corrected chi connectivity index (χ0v) is 7.03. The molecule has 0 aromatic heterocycles. The minimum Gasteiger partial charge on any atom is -0.383 e. The number of nitrogens with zero attached hydrogens (tertiary/aromatic N) is 1. The van der Waals surface area contributed by atoms with Gasteiger partial charge >= 0.3 is 0 Å². The largest absolute Gasteiger partial charge is 0.383 e. The average molecular weight is 149 g/mol. The van der Waals surface area contributed by atoms with Gasteiger partial charge in [-0.2, -0.15) is 12.6 Å². The number of rotatable bonds is 5. The quantitative estimate of drug-likeness (QED) is 0.459. The van der Waals surface area contributed by atoms with Crippen molar-refractivity contribution in [1.29, 1.82) is 0 Å². The third kappa shape index (κ3) is 4.75. The lowest BCUT2D eigenvalue weighted by atomic mass is 10.5. The topological polar surface area (TPSA) is 12.5 Å². The van der Waals surface area contributed by atoms with Crippen LogP contribution in [0.15, 0.2) is 0 Å². The highest BCUT2D eigenvalue weighted by Crippen LogP contribution is 1.88. The van der Waals surface area contributed by atoms with Crippen molar-refractivity contribution in [2.45, 2.75) is 6.92 Å². The molecule has 56 valence electrons. The third-order valence-corrected chi connectivity index (χ3v) is 1.66. The fourth-order valence-corrected chi connectivity index (χ4v) is 0.891. The molecule has 0 aliphatic rings. The standard InChI is InChI=1S/C6H15NOS/c1-3-7(6-9)4-5-8-2/h9H,3-6H2,1-2H3. The molecule has 0 fully saturated rings. The van der Waals surface area contributed by atoms with Crippen molar-refractivity contribution in [2.75, 3.05) is 32.7 Å². The summed E-state index contributed by atoms with van der Waals surface area (Å²) in [4.78, 5) is 2.20. The zero-order valence-electron chi connectivity index (χ0n) is 6.13. The molecule has 3 heteroatoms. The summed E-state index contributed by atoms with van der Waals surface area (Å²) < 4.78 is 4.90. The first-order valence-electron chi connectivity index (χ1n) is 3.17. The molecule has 0 bridgehead atoms. The lowest BCUT2D eigenvalue weighted by Crippen LogP contribution is -2.25. The zero-order chi connectivity index (χ0) is 7.11. The highest BCUT2D eigenvalue weighted by atomic mass is 32.1. The lowest BCUT2D eigenvalue weighted by Gasteiger charge is -2.15. The van der Waals surface area contributed by atoms with E-state index in [-0.39, 0.29) is 0 Å². The minimum atomic E-state index is 0.800. The number of methoxy groups -OCH3 is 1. The van der Waals surface area contributed by atoms with E-state index in [4.69, 9.17) is 4.74 Å². The molecule has 0 rings (SSSR count). The van der Waals surface area contributed by atoms with Crippen molar-refractivity contribution in [1.82, 2.24) is 4.90 Å². The Balaban J connectivity index is 3.09. The van der Waals surface area contributed by atoms with E-state index in [1.165, 1.54) is 0 Å². The second-order valence-electron chi connectivity index (χ2n) is 1.84. The summed E-state index contributed by atoms with van der Waals surface area (Å²) >= 11 is 4.14. The summed E-state index contributed by atoms with van der Waals surface area (Å²) in [7, 11) is 1.71. The summed E-state index contributed by atoms with van der Waals surface area (Å²) in [5, 5.41) is 0. The second-order valence-corrected chi connectivity index (χ2v) is 2.13. The Kier molecular flexibility index (Phi) is 6.58. The van der Waals surface area contributed by atoms with Gasteiger partial charge in [0.2, 0.25) is 0 Å². The van der Waals surface area contributed by atoms with Gasteiger partial charge in [-0.05, 0) is 6.54 Å². The normalized spacial score (nSPS) is 10.7. The van der Waals surface area contributed by atoms with Crippen molar-refractivity contribution in [3.8, 4) is 0 Å². The van der Waals surface area contributed by atoms with Crippen LogP contribution in [0.2, 0.25) is 0 Å². The first-order valence-corrected chi connectivity index (χ1v) is 3.80. The Bertz CT molecular complexity index is 57.0. The van der Waals surface area contributed by atoms with Crippen LogP contribution < -0.4 is 0 Å². The van der Waals surface area contributed by atoms with Crippen LogP contribution in [0.4, 0.5) is 0 Å². The molecule has 0 aromatic rings. The van der Waals surface area contributed by atoms with Crippen LogP contribution in [-0.4, -0.2) is 37.6 Å². The summed E-state index contributed by atoms with van der Waals surface area (Å²) in [5.74, 6) is 0.819. The summed E-state index contributed by atoms with van der Waals surface area (Å²) in [6.45, 7) is 4.95. The van der Waals surface area contributed by atoms with E-state index in [1.54, 1.807) is 7.11 Å². The van der Waals surface area contributed by atoms with E-state index in [9.17, 15) is 0 Å². The Hall–Kier alpha value is 0.270. The molecule has 0 saturated carbocycles. The van der Waals surface area contributed by atoms with Crippen LogP contribution in [0.3, 0.4) is 0 Å². The lowest BCUT2D eigenvalue weighted by molar-refractivity contribution is 0.161. The molecular weight excluding hydrogens is 134 g/mol. The van der Waals surface area contributed by atoms with Crippen LogP contribution in [-0.2, 0) is 4.74 Å². The third-order valence-electron chi connectivity index (χ3n) is 1.26. The van der Waals surface area contributed by atoms with Crippen molar-refractivity contribution < 1.29 is 4.74 Å². The van der Waals surface area contributed by atoms with Crippen LogP contribution >= 0.6 is 12.6 Å². The molecule has 0 N–H and O–H groups in total. The van der Waals surface area contributed by atoms with Gasteiger partial charge < -0.3 is 4.74 Å². The summed E-state index contributed by atoms with van der Waals surface area (Å²) in [6.07, 6.45) is 0. The van der Waals surface area contributed by atoms with E-state index >= 15 is 0 Å². The maximum atomic E-state index is 4.90. The highest BCUT2D eigenvalue weighted by Gasteiger charge is 1.95. The van der Waals surface area contributed by atoms with Crippen LogP contribution in [0.25, 0.3) is 0 Å². The minimum absolute atomic E-state index is 0.800. The van der Waals surface area contributed by atoms with Gasteiger partial charge in [0.25, 0.3) is 0 Å². The van der Waals surface area contributed by atoms with Crippen molar-refractivity contribution in [3.63, 3.8) is 0 Å². The van der Waals surface area contributed by atoms with Gasteiger partial charge in [0, 0.05) is 19.5 Å². The molecule has 0 heterocycles. The molecule has 0 amide bonds. The molecule has 0 atom stereocenters. The Morgan fingerprint density at radius 3 is 2.56 bits per heavy atom. The maximum absolute atomic E-state index is 4.90. The van der Waals surface area contributed by atoms with Gasteiger partial charge in [0.1, 0.15) is 0 Å². The molecule has 2 nitrogen and oxygen atoms in total. The smallest absolute Gasteiger partial charge is 0.0589 e. The molecule has 0 aromatic carbocycles. The number of hydrogen-bond donors (Lipinski definition) is 1. The molecule has 0 saturated heterocycles. The van der Waals surface area contributed by atoms with Crippen LogP contribution in [0.1, 0.15) is 6.92 Å². The van der Waals surface area contributed by atoms with Gasteiger partial charge in [0.15, 0.2) is 0 Å². The maximum Gasteiger partial charge on any atom is 0.0589 e. The first-order chi connectivity index (χ1) is 4.35. The molecule has 0 aliphatic carbocycles. The fraction of sp³-hybridized carbons (Fsp3) is 1.00. The molecule has 0 unspecified atom stereocenters. The van der Waals surface area contributed by atoms with E-state index in [2.05, 4.69) is 24.5 Å². The average Bonchev–Trinajstić information content (AvgIpc) is 1.91. The van der Waals surface area contributed by atoms with Crippen molar-refractivity contribution in [3.05, 3.63) is 0 Å². The highest BCUT2D eigenvalue weighted by molar-refractivity contribution is 7.80. The molecular formula is C6H15NOS. The molecule has 0 aliphatic heterocycles. The number of ether oxygens (including phenoxy) is 1. The molecule has 9 heavy (non-hydrogen) atoms. The molecule has 0 radical (unpaired) electrons. The summed E-state index contributed by atoms with van der Waals surface area (Å²) in [6, 6.07) is 0.